The number of thioether (sulfide) groups is 1. The number of rotatable bonds is 9. The van der Waals surface area contributed by atoms with Gasteiger partial charge in [0.05, 0.1) is 18.4 Å². The van der Waals surface area contributed by atoms with Gasteiger partial charge in [0, 0.05) is 18.4 Å². The molecule has 0 aliphatic carbocycles. The molecule has 2 aromatic heterocycles. The first-order chi connectivity index (χ1) is 16.1. The molecule has 170 valence electrons. The molecule has 2 aromatic carbocycles. The van der Waals surface area contributed by atoms with Gasteiger partial charge in [0.15, 0.2) is 5.65 Å². The summed E-state index contributed by atoms with van der Waals surface area (Å²) in [7, 11) is 1.31. The van der Waals surface area contributed by atoms with Gasteiger partial charge < -0.3 is 14.6 Å². The number of aryl methyl sites for hydroxylation is 1. The fourth-order valence-electron chi connectivity index (χ4n) is 3.75. The molecular formula is C24H25N5O3S. The molecule has 8 nitrogen and oxygen atoms in total. The molecule has 1 N–H and O–H groups in total. The van der Waals surface area contributed by atoms with Crippen LogP contribution in [0.4, 0.5) is 0 Å². The van der Waals surface area contributed by atoms with Crippen LogP contribution >= 0.6 is 11.8 Å². The zero-order chi connectivity index (χ0) is 23.2. The number of methoxy groups -OCH3 is 1. The van der Waals surface area contributed by atoms with Crippen LogP contribution in [0.2, 0.25) is 0 Å². The molecule has 1 atom stereocenters. The zero-order valence-electron chi connectivity index (χ0n) is 18.5. The van der Waals surface area contributed by atoms with Crippen LogP contribution < -0.4 is 5.32 Å². The summed E-state index contributed by atoms with van der Waals surface area (Å²) < 4.78 is 7.00. The number of benzene rings is 2. The van der Waals surface area contributed by atoms with E-state index in [9.17, 15) is 9.59 Å². The Bertz CT molecular complexity index is 1280. The van der Waals surface area contributed by atoms with Crippen LogP contribution in [0.25, 0.3) is 22.1 Å². The fourth-order valence-corrected chi connectivity index (χ4v) is 4.34. The van der Waals surface area contributed by atoms with Gasteiger partial charge in [-0.2, -0.15) is 0 Å². The Morgan fingerprint density at radius 1 is 1.09 bits per heavy atom. The standard InChI is InChI=1S/C24H25N5O3S/c1-3-13-29-19-12-8-7-11-17(19)21-22(29)26-24(28-27-21)33-15-20(30)25-18(23(31)32-2)14-16-9-5-4-6-10-16/h4-12,18H,3,13-15H2,1-2H3,(H,25,30)/t18-/m0/s1. The number of esters is 1. The maximum Gasteiger partial charge on any atom is 0.328 e. The minimum Gasteiger partial charge on any atom is -0.467 e. The van der Waals surface area contributed by atoms with Crippen molar-refractivity contribution in [3.63, 3.8) is 0 Å². The molecule has 0 radical (unpaired) electrons. The normalized spacial score (nSPS) is 12.1. The van der Waals surface area contributed by atoms with E-state index in [1.165, 1.54) is 18.9 Å². The largest absolute Gasteiger partial charge is 0.467 e. The second kappa shape index (κ2) is 10.4. The van der Waals surface area contributed by atoms with E-state index in [4.69, 9.17) is 4.74 Å². The Labute approximate surface area is 195 Å². The summed E-state index contributed by atoms with van der Waals surface area (Å²) in [5.41, 5.74) is 3.51. The summed E-state index contributed by atoms with van der Waals surface area (Å²) >= 11 is 1.19. The van der Waals surface area contributed by atoms with Crippen LogP contribution in [-0.4, -0.2) is 50.5 Å². The number of carbonyl (C=O) groups excluding carboxylic acids is 2. The lowest BCUT2D eigenvalue weighted by Gasteiger charge is -2.16. The molecule has 2 heterocycles. The lowest BCUT2D eigenvalue weighted by molar-refractivity contribution is -0.144. The van der Waals surface area contributed by atoms with Gasteiger partial charge >= 0.3 is 5.97 Å². The number of ether oxygens (including phenoxy) is 1. The Hall–Kier alpha value is -3.46. The van der Waals surface area contributed by atoms with E-state index in [0.29, 0.717) is 11.6 Å². The highest BCUT2D eigenvalue weighted by Crippen LogP contribution is 2.27. The molecule has 1 amide bonds. The molecule has 0 spiro atoms. The maximum atomic E-state index is 12.6. The lowest BCUT2D eigenvalue weighted by atomic mass is 10.1. The van der Waals surface area contributed by atoms with Crippen molar-refractivity contribution in [1.29, 1.82) is 0 Å². The number of amides is 1. The number of nitrogens with one attached hydrogen (secondary N) is 1. The van der Waals surface area contributed by atoms with Gasteiger partial charge in [-0.25, -0.2) is 9.78 Å². The molecule has 9 heteroatoms. The summed E-state index contributed by atoms with van der Waals surface area (Å²) in [5.74, 6) is -0.728. The first kappa shape index (κ1) is 22.7. The molecule has 0 saturated carbocycles. The average Bonchev–Trinajstić information content (AvgIpc) is 3.16. The van der Waals surface area contributed by atoms with Crippen LogP contribution in [-0.2, 0) is 27.3 Å². The third-order valence-corrected chi connectivity index (χ3v) is 6.08. The molecule has 0 aliphatic rings. The van der Waals surface area contributed by atoms with E-state index in [0.717, 1.165) is 40.6 Å². The number of aromatic nitrogens is 4. The van der Waals surface area contributed by atoms with Crippen molar-refractivity contribution >= 4 is 45.7 Å². The summed E-state index contributed by atoms with van der Waals surface area (Å²) in [5, 5.41) is 12.8. The smallest absolute Gasteiger partial charge is 0.328 e. The van der Waals surface area contributed by atoms with Crippen LogP contribution in [0.15, 0.2) is 59.8 Å². The van der Waals surface area contributed by atoms with Gasteiger partial charge in [-0.05, 0) is 18.1 Å². The number of hydrogen-bond donors (Lipinski definition) is 1. The maximum absolute atomic E-state index is 12.6. The first-order valence-corrected chi connectivity index (χ1v) is 11.7. The van der Waals surface area contributed by atoms with Crippen LogP contribution in [0.3, 0.4) is 0 Å². The van der Waals surface area contributed by atoms with Crippen molar-refractivity contribution in [1.82, 2.24) is 25.1 Å². The van der Waals surface area contributed by atoms with Gasteiger partial charge in [0.2, 0.25) is 11.1 Å². The first-order valence-electron chi connectivity index (χ1n) is 10.8. The van der Waals surface area contributed by atoms with Crippen molar-refractivity contribution in [3.8, 4) is 0 Å². The monoisotopic (exact) mass is 463 g/mol. The molecule has 0 bridgehead atoms. The third-order valence-electron chi connectivity index (χ3n) is 5.24. The lowest BCUT2D eigenvalue weighted by Crippen LogP contribution is -2.43. The van der Waals surface area contributed by atoms with Crippen LogP contribution in [0, 0.1) is 0 Å². The fraction of sp³-hybridized carbons (Fsp3) is 0.292. The van der Waals surface area contributed by atoms with Gasteiger partial charge in [0.25, 0.3) is 0 Å². The Kier molecular flexibility index (Phi) is 7.19. The average molecular weight is 464 g/mol. The highest BCUT2D eigenvalue weighted by atomic mass is 32.2. The van der Waals surface area contributed by atoms with Crippen molar-refractivity contribution < 1.29 is 14.3 Å². The Morgan fingerprint density at radius 2 is 1.85 bits per heavy atom. The second-order valence-corrected chi connectivity index (χ2v) is 8.50. The van der Waals surface area contributed by atoms with Gasteiger partial charge in [-0.3, -0.25) is 4.79 Å². The molecule has 0 aliphatic heterocycles. The van der Waals surface area contributed by atoms with Crippen molar-refractivity contribution in [3.05, 3.63) is 60.2 Å². The van der Waals surface area contributed by atoms with Crippen molar-refractivity contribution in [2.45, 2.75) is 37.5 Å². The second-order valence-electron chi connectivity index (χ2n) is 7.56. The molecule has 33 heavy (non-hydrogen) atoms. The van der Waals surface area contributed by atoms with Gasteiger partial charge in [-0.1, -0.05) is 67.2 Å². The highest BCUT2D eigenvalue weighted by molar-refractivity contribution is 7.99. The molecule has 0 fully saturated rings. The predicted octanol–water partition coefficient (Wildman–Crippen LogP) is 3.38. The van der Waals surface area contributed by atoms with E-state index in [-0.39, 0.29) is 11.7 Å². The van der Waals surface area contributed by atoms with Crippen LogP contribution in [0.1, 0.15) is 18.9 Å². The van der Waals surface area contributed by atoms with Crippen molar-refractivity contribution in [2.75, 3.05) is 12.9 Å². The number of para-hydroxylation sites is 1. The summed E-state index contributed by atoms with van der Waals surface area (Å²) in [4.78, 5) is 29.4. The van der Waals surface area contributed by atoms with E-state index >= 15 is 0 Å². The minimum atomic E-state index is -0.765. The molecule has 4 rings (SSSR count). The number of fused-ring (bicyclic) bond motifs is 3. The van der Waals surface area contributed by atoms with E-state index in [2.05, 4.69) is 32.0 Å². The Balaban J connectivity index is 1.48. The molecule has 0 saturated heterocycles. The van der Waals surface area contributed by atoms with Gasteiger partial charge in [-0.15, -0.1) is 10.2 Å². The minimum absolute atomic E-state index is 0.0590. The molecule has 0 unspecified atom stereocenters. The number of carbonyl (C=O) groups is 2. The van der Waals surface area contributed by atoms with Crippen molar-refractivity contribution in [2.24, 2.45) is 0 Å². The topological polar surface area (TPSA) is 99.0 Å². The van der Waals surface area contributed by atoms with E-state index in [1.807, 2.05) is 54.6 Å². The van der Waals surface area contributed by atoms with Gasteiger partial charge in [0.1, 0.15) is 11.6 Å². The summed E-state index contributed by atoms with van der Waals surface area (Å²) in [6.07, 6.45) is 1.31. The summed E-state index contributed by atoms with van der Waals surface area (Å²) in [6, 6.07) is 16.7. The SMILES string of the molecule is CCCn1c2ccccc2c2nnc(SCC(=O)N[C@@H](Cc3ccccc3)C(=O)OC)nc21. The third kappa shape index (κ3) is 5.14. The Morgan fingerprint density at radius 3 is 2.61 bits per heavy atom. The number of hydrogen-bond acceptors (Lipinski definition) is 7. The quantitative estimate of drug-likeness (QED) is 0.300. The zero-order valence-corrected chi connectivity index (χ0v) is 19.3. The summed E-state index contributed by atoms with van der Waals surface area (Å²) in [6.45, 7) is 2.93. The van der Waals surface area contributed by atoms with E-state index < -0.39 is 12.0 Å². The van der Waals surface area contributed by atoms with E-state index in [1.54, 1.807) is 0 Å². The molecule has 4 aromatic rings. The predicted molar refractivity (Wildman–Crippen MR) is 128 cm³/mol. The molecular weight excluding hydrogens is 438 g/mol. The highest BCUT2D eigenvalue weighted by Gasteiger charge is 2.22. The van der Waals surface area contributed by atoms with Crippen LogP contribution in [0.5, 0.6) is 0 Å². The number of nitrogens with zero attached hydrogens (tertiary/aromatic N) is 4.